The molecule has 0 spiro atoms. The van der Waals surface area contributed by atoms with Crippen LogP contribution in [0.5, 0.6) is 0 Å². The van der Waals surface area contributed by atoms with Crippen molar-refractivity contribution < 1.29 is 27.5 Å². The number of hydrogen-bond acceptors (Lipinski definition) is 4. The molecule has 0 atom stereocenters. The number of fused-ring (bicyclic) bond motifs is 1. The van der Waals surface area contributed by atoms with Gasteiger partial charge in [0.25, 0.3) is 0 Å². The monoisotopic (exact) mass is 367 g/mol. The van der Waals surface area contributed by atoms with E-state index in [9.17, 15) is 18.0 Å². The zero-order valence-corrected chi connectivity index (χ0v) is 13.4. The molecule has 25 heavy (non-hydrogen) atoms. The third-order valence-electron chi connectivity index (χ3n) is 3.38. The number of thioether (sulfide) groups is 1. The maximum absolute atomic E-state index is 12.3. The Morgan fingerprint density at radius 2 is 1.84 bits per heavy atom. The molecule has 1 heterocycles. The summed E-state index contributed by atoms with van der Waals surface area (Å²) < 4.78 is 42.1. The molecule has 0 aliphatic carbocycles. The number of halogens is 3. The summed E-state index contributed by atoms with van der Waals surface area (Å²) in [6, 6.07) is 12.7. The molecule has 3 aromatic rings. The largest absolute Gasteiger partial charge is 0.475 e. The number of benzene rings is 2. The molecule has 3 rings (SSSR count). The fourth-order valence-electron chi connectivity index (χ4n) is 2.27. The number of carbonyl (C=O) groups is 1. The minimum absolute atomic E-state index is 0.122. The summed E-state index contributed by atoms with van der Waals surface area (Å²) in [5.41, 5.74) is -2.30. The van der Waals surface area contributed by atoms with Crippen molar-refractivity contribution in [2.45, 2.75) is 16.9 Å². The second kappa shape index (κ2) is 6.72. The van der Waals surface area contributed by atoms with Crippen LogP contribution in [0.15, 0.2) is 57.8 Å². The Morgan fingerprint density at radius 3 is 2.48 bits per heavy atom. The fraction of sp³-hybridized carbons (Fsp3) is 0.118. The zero-order chi connectivity index (χ0) is 18.0. The van der Waals surface area contributed by atoms with Crippen molar-refractivity contribution in [3.05, 3.63) is 59.9 Å². The molecule has 1 aromatic heterocycles. The minimum atomic E-state index is -4.30. The van der Waals surface area contributed by atoms with Gasteiger partial charge < -0.3 is 14.8 Å². The Bertz CT molecular complexity index is 904. The van der Waals surface area contributed by atoms with E-state index < -0.39 is 11.5 Å². The van der Waals surface area contributed by atoms with Gasteiger partial charge in [0.15, 0.2) is 0 Å². The first-order valence-electron chi connectivity index (χ1n) is 7.16. The van der Waals surface area contributed by atoms with Crippen LogP contribution in [0.1, 0.15) is 16.1 Å². The lowest BCUT2D eigenvalue weighted by atomic mass is 10.1. The highest BCUT2D eigenvalue weighted by Gasteiger charge is 2.28. The van der Waals surface area contributed by atoms with E-state index in [1.165, 1.54) is 18.2 Å². The lowest BCUT2D eigenvalue weighted by molar-refractivity contribution is -0.0328. The van der Waals surface area contributed by atoms with Gasteiger partial charge in [0.2, 0.25) is 5.76 Å². The average molecular weight is 367 g/mol. The van der Waals surface area contributed by atoms with E-state index in [0.717, 1.165) is 5.56 Å². The number of rotatable bonds is 5. The Labute approximate surface area is 144 Å². The van der Waals surface area contributed by atoms with Crippen molar-refractivity contribution in [2.75, 3.05) is 5.32 Å². The SMILES string of the molecule is O=C(O)c1cc2ccc(CNc3ccc(SC(F)(F)F)cc3)cc2o1. The molecule has 4 nitrogen and oxygen atoms in total. The van der Waals surface area contributed by atoms with Crippen LogP contribution >= 0.6 is 11.8 Å². The number of carboxylic acids is 1. The standard InChI is InChI=1S/C17H12F3NO3S/c18-17(19,20)25-13-5-3-12(4-6-13)21-9-10-1-2-11-8-15(16(22)23)24-14(11)7-10/h1-8,21H,9H2,(H,22,23). The molecular formula is C17H12F3NO3S. The molecule has 0 saturated carbocycles. The number of furan rings is 1. The molecule has 0 bridgehead atoms. The molecule has 0 amide bonds. The lowest BCUT2D eigenvalue weighted by Crippen LogP contribution is -2.00. The maximum Gasteiger partial charge on any atom is 0.446 e. The van der Waals surface area contributed by atoms with E-state index in [1.54, 1.807) is 24.3 Å². The van der Waals surface area contributed by atoms with Gasteiger partial charge in [-0.2, -0.15) is 13.2 Å². The number of alkyl halides is 3. The molecule has 0 saturated heterocycles. The molecule has 0 fully saturated rings. The van der Waals surface area contributed by atoms with Crippen molar-refractivity contribution in [3.63, 3.8) is 0 Å². The summed E-state index contributed by atoms with van der Waals surface area (Å²) in [5.74, 6) is -1.26. The molecule has 2 aromatic carbocycles. The smallest absolute Gasteiger partial charge is 0.446 e. The van der Waals surface area contributed by atoms with Gasteiger partial charge in [-0.05, 0) is 53.7 Å². The number of carboxylic acid groups (broad SMARTS) is 1. The van der Waals surface area contributed by atoms with Crippen molar-refractivity contribution >= 4 is 34.4 Å². The summed E-state index contributed by atoms with van der Waals surface area (Å²) in [7, 11) is 0. The quantitative estimate of drug-likeness (QED) is 0.595. The topological polar surface area (TPSA) is 62.5 Å². The van der Waals surface area contributed by atoms with Gasteiger partial charge in [-0.25, -0.2) is 4.79 Å². The second-order valence-electron chi connectivity index (χ2n) is 5.21. The predicted octanol–water partition coefficient (Wildman–Crippen LogP) is 5.36. The van der Waals surface area contributed by atoms with Crippen LogP contribution in [0.3, 0.4) is 0 Å². The van der Waals surface area contributed by atoms with Crippen LogP contribution in [0.25, 0.3) is 11.0 Å². The summed E-state index contributed by atoms with van der Waals surface area (Å²) >= 11 is -0.158. The lowest BCUT2D eigenvalue weighted by Gasteiger charge is -2.09. The third-order valence-corrected chi connectivity index (χ3v) is 4.12. The summed E-state index contributed by atoms with van der Waals surface area (Å²) in [6.07, 6.45) is 0. The van der Waals surface area contributed by atoms with Crippen LogP contribution in [0.4, 0.5) is 18.9 Å². The predicted molar refractivity (Wildman–Crippen MR) is 88.9 cm³/mol. The highest BCUT2D eigenvalue weighted by Crippen LogP contribution is 2.37. The van der Waals surface area contributed by atoms with Gasteiger partial charge in [0.05, 0.1) is 0 Å². The summed E-state index contributed by atoms with van der Waals surface area (Å²) in [6.45, 7) is 0.421. The first-order chi connectivity index (χ1) is 11.8. The molecule has 0 radical (unpaired) electrons. The van der Waals surface area contributed by atoms with Crippen LogP contribution in [-0.2, 0) is 6.54 Å². The van der Waals surface area contributed by atoms with Crippen molar-refractivity contribution in [1.29, 1.82) is 0 Å². The first-order valence-corrected chi connectivity index (χ1v) is 7.97. The molecule has 8 heteroatoms. The number of hydrogen-bond donors (Lipinski definition) is 2. The van der Waals surface area contributed by atoms with Gasteiger partial charge >= 0.3 is 11.5 Å². The van der Waals surface area contributed by atoms with E-state index in [1.807, 2.05) is 6.07 Å². The van der Waals surface area contributed by atoms with E-state index in [0.29, 0.717) is 23.2 Å². The van der Waals surface area contributed by atoms with Gasteiger partial charge in [0.1, 0.15) is 5.58 Å². The van der Waals surface area contributed by atoms with Crippen molar-refractivity contribution in [1.82, 2.24) is 0 Å². The van der Waals surface area contributed by atoms with Gasteiger partial charge in [-0.3, -0.25) is 0 Å². The molecule has 2 N–H and O–H groups in total. The molecular weight excluding hydrogens is 355 g/mol. The first kappa shape index (κ1) is 17.2. The highest BCUT2D eigenvalue weighted by atomic mass is 32.2. The van der Waals surface area contributed by atoms with Crippen LogP contribution < -0.4 is 5.32 Å². The molecule has 0 unspecified atom stereocenters. The van der Waals surface area contributed by atoms with Crippen molar-refractivity contribution in [2.24, 2.45) is 0 Å². The van der Waals surface area contributed by atoms with E-state index in [-0.39, 0.29) is 22.4 Å². The van der Waals surface area contributed by atoms with E-state index in [2.05, 4.69) is 5.32 Å². The number of nitrogens with one attached hydrogen (secondary N) is 1. The van der Waals surface area contributed by atoms with Crippen LogP contribution in [0, 0.1) is 0 Å². The van der Waals surface area contributed by atoms with Crippen LogP contribution in [-0.4, -0.2) is 16.6 Å². The Morgan fingerprint density at radius 1 is 1.12 bits per heavy atom. The van der Waals surface area contributed by atoms with E-state index >= 15 is 0 Å². The molecule has 0 aliphatic rings. The molecule has 0 aliphatic heterocycles. The third kappa shape index (κ3) is 4.48. The average Bonchev–Trinajstić information content (AvgIpc) is 2.96. The maximum atomic E-state index is 12.3. The van der Waals surface area contributed by atoms with Gasteiger partial charge in [-0.1, -0.05) is 12.1 Å². The summed E-state index contributed by atoms with van der Waals surface area (Å²) in [5, 5.41) is 12.7. The zero-order valence-electron chi connectivity index (χ0n) is 12.6. The Kier molecular flexibility index (Phi) is 4.63. The Hall–Kier alpha value is -2.61. The molecule has 130 valence electrons. The highest BCUT2D eigenvalue weighted by molar-refractivity contribution is 8.00. The fourth-order valence-corrected chi connectivity index (χ4v) is 2.81. The number of aromatic carboxylic acids is 1. The second-order valence-corrected chi connectivity index (χ2v) is 6.35. The number of anilines is 1. The van der Waals surface area contributed by atoms with Crippen molar-refractivity contribution in [3.8, 4) is 0 Å². The summed E-state index contributed by atoms with van der Waals surface area (Å²) in [4.78, 5) is 11.0. The van der Waals surface area contributed by atoms with Crippen LogP contribution in [0.2, 0.25) is 0 Å². The normalized spacial score (nSPS) is 11.6. The van der Waals surface area contributed by atoms with E-state index in [4.69, 9.17) is 9.52 Å². The van der Waals surface area contributed by atoms with Gasteiger partial charge in [-0.15, -0.1) is 0 Å². The Balaban J connectivity index is 1.66. The van der Waals surface area contributed by atoms with Gasteiger partial charge in [0, 0.05) is 22.5 Å². The minimum Gasteiger partial charge on any atom is -0.475 e.